The first kappa shape index (κ1) is 13.1. The molecule has 0 aromatic heterocycles. The van der Waals surface area contributed by atoms with Gasteiger partial charge in [-0.05, 0) is 46.9 Å². The van der Waals surface area contributed by atoms with Crippen LogP contribution < -0.4 is 11.3 Å². The number of hydrogen-bond acceptors (Lipinski definition) is 2. The Morgan fingerprint density at radius 2 is 1.89 bits per heavy atom. The van der Waals surface area contributed by atoms with Crippen LogP contribution in [0.3, 0.4) is 0 Å². The van der Waals surface area contributed by atoms with E-state index in [0.29, 0.717) is 0 Å². The Kier molecular flexibility index (Phi) is 3.87. The second-order valence-electron chi connectivity index (χ2n) is 5.50. The lowest BCUT2D eigenvalue weighted by Crippen LogP contribution is -2.31. The van der Waals surface area contributed by atoms with Crippen LogP contribution in [-0.2, 0) is 0 Å². The normalized spacial score (nSPS) is 17.4. The molecule has 3 rings (SSSR count). The molecule has 2 aromatic carbocycles. The fourth-order valence-corrected chi connectivity index (χ4v) is 3.19. The molecule has 0 bridgehead atoms. The molecule has 0 aliphatic heterocycles. The van der Waals surface area contributed by atoms with Crippen molar-refractivity contribution in [2.24, 2.45) is 11.8 Å². The number of hydrazine groups is 1. The molecule has 100 valence electrons. The van der Waals surface area contributed by atoms with Crippen molar-refractivity contribution in [3.8, 4) is 0 Å². The number of benzene rings is 2. The van der Waals surface area contributed by atoms with Crippen molar-refractivity contribution in [1.82, 2.24) is 5.43 Å². The van der Waals surface area contributed by atoms with E-state index in [2.05, 4.69) is 57.8 Å². The maximum absolute atomic E-state index is 5.74. The second kappa shape index (κ2) is 5.61. The fourth-order valence-electron chi connectivity index (χ4n) is 2.81. The Hall–Kier alpha value is -0.900. The predicted octanol–water partition coefficient (Wildman–Crippen LogP) is 4.30. The highest BCUT2D eigenvalue weighted by molar-refractivity contribution is 9.10. The zero-order valence-corrected chi connectivity index (χ0v) is 12.5. The maximum Gasteiger partial charge on any atom is 0.0462 e. The maximum atomic E-state index is 5.74. The van der Waals surface area contributed by atoms with Crippen molar-refractivity contribution in [2.45, 2.75) is 31.7 Å². The van der Waals surface area contributed by atoms with Gasteiger partial charge in [0.15, 0.2) is 0 Å². The highest BCUT2D eigenvalue weighted by atomic mass is 79.9. The Labute approximate surface area is 122 Å². The molecular weight excluding hydrogens is 300 g/mol. The van der Waals surface area contributed by atoms with Gasteiger partial charge in [-0.3, -0.25) is 11.3 Å². The van der Waals surface area contributed by atoms with E-state index in [-0.39, 0.29) is 6.04 Å². The summed E-state index contributed by atoms with van der Waals surface area (Å²) >= 11 is 3.51. The molecule has 3 N–H and O–H groups in total. The van der Waals surface area contributed by atoms with Gasteiger partial charge in [-0.2, -0.15) is 0 Å². The SMILES string of the molecule is NNC(CC1CCC1)c1ccc2cc(Br)ccc2c1. The third kappa shape index (κ3) is 2.83. The van der Waals surface area contributed by atoms with E-state index in [1.807, 2.05) is 0 Å². The molecule has 1 unspecified atom stereocenters. The summed E-state index contributed by atoms with van der Waals surface area (Å²) in [6, 6.07) is 13.3. The van der Waals surface area contributed by atoms with Crippen LogP contribution in [0.1, 0.15) is 37.3 Å². The first-order valence-corrected chi connectivity index (χ1v) is 7.71. The number of nitrogens with two attached hydrogens (primary N) is 1. The van der Waals surface area contributed by atoms with Crippen LogP contribution in [0.5, 0.6) is 0 Å². The number of rotatable bonds is 4. The highest BCUT2D eigenvalue weighted by Crippen LogP contribution is 2.35. The molecule has 0 radical (unpaired) electrons. The van der Waals surface area contributed by atoms with Gasteiger partial charge in [0.2, 0.25) is 0 Å². The lowest BCUT2D eigenvalue weighted by Gasteiger charge is -2.29. The van der Waals surface area contributed by atoms with Gasteiger partial charge < -0.3 is 0 Å². The quantitative estimate of drug-likeness (QED) is 0.651. The predicted molar refractivity (Wildman–Crippen MR) is 83.7 cm³/mol. The number of nitrogens with one attached hydrogen (secondary N) is 1. The van der Waals surface area contributed by atoms with E-state index < -0.39 is 0 Å². The fraction of sp³-hybridized carbons (Fsp3) is 0.375. The molecular formula is C16H19BrN2. The smallest absolute Gasteiger partial charge is 0.0462 e. The third-order valence-corrected chi connectivity index (χ3v) is 4.72. The van der Waals surface area contributed by atoms with Crippen molar-refractivity contribution in [3.05, 3.63) is 46.4 Å². The van der Waals surface area contributed by atoms with E-state index >= 15 is 0 Å². The van der Waals surface area contributed by atoms with Crippen LogP contribution in [0.25, 0.3) is 10.8 Å². The standard InChI is InChI=1S/C16H19BrN2/c17-15-7-6-12-9-14(5-4-13(12)10-15)16(19-18)8-11-2-1-3-11/h4-7,9-11,16,19H,1-3,8,18H2. The van der Waals surface area contributed by atoms with Gasteiger partial charge in [-0.1, -0.05) is 53.4 Å². The zero-order valence-electron chi connectivity index (χ0n) is 10.9. The molecule has 0 amide bonds. The summed E-state index contributed by atoms with van der Waals surface area (Å²) in [5.41, 5.74) is 4.28. The van der Waals surface area contributed by atoms with Gasteiger partial charge in [-0.25, -0.2) is 0 Å². The first-order valence-electron chi connectivity index (χ1n) is 6.91. The van der Waals surface area contributed by atoms with Gasteiger partial charge in [0.05, 0.1) is 0 Å². The van der Waals surface area contributed by atoms with E-state index in [1.165, 1.54) is 35.6 Å². The van der Waals surface area contributed by atoms with Crippen LogP contribution in [-0.4, -0.2) is 0 Å². The molecule has 1 fully saturated rings. The van der Waals surface area contributed by atoms with Crippen LogP contribution in [0.2, 0.25) is 0 Å². The van der Waals surface area contributed by atoms with Gasteiger partial charge in [-0.15, -0.1) is 0 Å². The minimum Gasteiger partial charge on any atom is -0.271 e. The van der Waals surface area contributed by atoms with Gasteiger partial charge in [0.1, 0.15) is 0 Å². The largest absolute Gasteiger partial charge is 0.271 e. The molecule has 2 aromatic rings. The van der Waals surface area contributed by atoms with E-state index in [9.17, 15) is 0 Å². The Morgan fingerprint density at radius 3 is 2.58 bits per heavy atom. The van der Waals surface area contributed by atoms with Crippen molar-refractivity contribution in [1.29, 1.82) is 0 Å². The summed E-state index contributed by atoms with van der Waals surface area (Å²) in [6.07, 6.45) is 5.25. The van der Waals surface area contributed by atoms with Crippen LogP contribution >= 0.6 is 15.9 Å². The number of halogens is 1. The first-order chi connectivity index (χ1) is 9.26. The van der Waals surface area contributed by atoms with Gasteiger partial charge in [0.25, 0.3) is 0 Å². The second-order valence-corrected chi connectivity index (χ2v) is 6.42. The molecule has 1 aliphatic rings. The van der Waals surface area contributed by atoms with Gasteiger partial charge >= 0.3 is 0 Å². The molecule has 19 heavy (non-hydrogen) atoms. The summed E-state index contributed by atoms with van der Waals surface area (Å²) in [7, 11) is 0. The third-order valence-electron chi connectivity index (χ3n) is 4.22. The molecule has 0 spiro atoms. The Balaban J connectivity index is 1.87. The summed E-state index contributed by atoms with van der Waals surface area (Å²) in [4.78, 5) is 0. The Bertz CT molecular complexity index is 578. The molecule has 1 saturated carbocycles. The summed E-state index contributed by atoms with van der Waals surface area (Å²) in [6.45, 7) is 0. The molecule has 2 nitrogen and oxygen atoms in total. The lowest BCUT2D eigenvalue weighted by molar-refractivity contribution is 0.262. The summed E-state index contributed by atoms with van der Waals surface area (Å²) < 4.78 is 1.12. The molecule has 3 heteroatoms. The van der Waals surface area contributed by atoms with Crippen LogP contribution in [0, 0.1) is 5.92 Å². The molecule has 1 atom stereocenters. The highest BCUT2D eigenvalue weighted by Gasteiger charge is 2.22. The topological polar surface area (TPSA) is 38.0 Å². The van der Waals surface area contributed by atoms with E-state index in [1.54, 1.807) is 0 Å². The monoisotopic (exact) mass is 318 g/mol. The van der Waals surface area contributed by atoms with Crippen LogP contribution in [0.15, 0.2) is 40.9 Å². The minimum atomic E-state index is 0.276. The Morgan fingerprint density at radius 1 is 1.16 bits per heavy atom. The van der Waals surface area contributed by atoms with Gasteiger partial charge in [0, 0.05) is 10.5 Å². The van der Waals surface area contributed by atoms with Crippen LogP contribution in [0.4, 0.5) is 0 Å². The number of fused-ring (bicyclic) bond motifs is 1. The van der Waals surface area contributed by atoms with Crippen molar-refractivity contribution >= 4 is 26.7 Å². The lowest BCUT2D eigenvalue weighted by atomic mass is 9.79. The summed E-state index contributed by atoms with van der Waals surface area (Å²) in [5.74, 6) is 6.59. The minimum absolute atomic E-state index is 0.276. The molecule has 1 aliphatic carbocycles. The van der Waals surface area contributed by atoms with E-state index in [4.69, 9.17) is 5.84 Å². The average molecular weight is 319 g/mol. The summed E-state index contributed by atoms with van der Waals surface area (Å²) in [5, 5.41) is 2.53. The molecule has 0 heterocycles. The van der Waals surface area contributed by atoms with Crippen molar-refractivity contribution < 1.29 is 0 Å². The average Bonchev–Trinajstić information content (AvgIpc) is 2.37. The van der Waals surface area contributed by atoms with Crippen molar-refractivity contribution in [2.75, 3.05) is 0 Å². The zero-order chi connectivity index (χ0) is 13.2. The molecule has 0 saturated heterocycles. The van der Waals surface area contributed by atoms with Crippen molar-refractivity contribution in [3.63, 3.8) is 0 Å². The number of hydrogen-bond donors (Lipinski definition) is 2. The van der Waals surface area contributed by atoms with E-state index in [0.717, 1.165) is 16.8 Å².